The van der Waals surface area contributed by atoms with E-state index < -0.39 is 0 Å². The lowest BCUT2D eigenvalue weighted by Crippen LogP contribution is -2.08. The number of hydrogen-bond donors (Lipinski definition) is 1. The summed E-state index contributed by atoms with van der Waals surface area (Å²) in [5.41, 5.74) is 5.10. The predicted octanol–water partition coefficient (Wildman–Crippen LogP) is 4.25. The summed E-state index contributed by atoms with van der Waals surface area (Å²) in [6, 6.07) is 15.5. The molecule has 0 amide bonds. The molecule has 0 aromatic heterocycles. The molecular formula is C17H19ClN2O. The van der Waals surface area contributed by atoms with Crippen LogP contribution in [0.3, 0.4) is 0 Å². The summed E-state index contributed by atoms with van der Waals surface area (Å²) >= 11 is 5.85. The second kappa shape index (κ2) is 7.70. The molecule has 0 saturated carbocycles. The van der Waals surface area contributed by atoms with Crippen LogP contribution in [0.25, 0.3) is 0 Å². The Hall–Kier alpha value is -2.00. The van der Waals surface area contributed by atoms with Crippen molar-refractivity contribution >= 4 is 17.8 Å². The summed E-state index contributed by atoms with van der Waals surface area (Å²) < 4.78 is 5.74. The molecule has 0 aliphatic carbocycles. The fourth-order valence-electron chi connectivity index (χ4n) is 1.80. The van der Waals surface area contributed by atoms with Crippen LogP contribution in [0.4, 0.5) is 0 Å². The fourth-order valence-corrected chi connectivity index (χ4v) is 1.93. The van der Waals surface area contributed by atoms with Crippen LogP contribution in [0, 0.1) is 0 Å². The van der Waals surface area contributed by atoms with E-state index in [1.54, 1.807) is 6.21 Å². The van der Waals surface area contributed by atoms with Gasteiger partial charge in [-0.05, 0) is 43.7 Å². The number of hydrazone groups is 1. The van der Waals surface area contributed by atoms with Gasteiger partial charge in [-0.2, -0.15) is 5.10 Å². The van der Waals surface area contributed by atoms with Gasteiger partial charge in [0.25, 0.3) is 0 Å². The highest BCUT2D eigenvalue weighted by molar-refractivity contribution is 6.30. The molecule has 0 atom stereocenters. The van der Waals surface area contributed by atoms with Gasteiger partial charge < -0.3 is 10.2 Å². The Labute approximate surface area is 130 Å². The number of benzene rings is 2. The summed E-state index contributed by atoms with van der Waals surface area (Å²) in [4.78, 5) is 0. The van der Waals surface area contributed by atoms with Crippen molar-refractivity contribution in [2.75, 3.05) is 0 Å². The Kier molecular flexibility index (Phi) is 5.64. The maximum absolute atomic E-state index is 5.85. The molecule has 21 heavy (non-hydrogen) atoms. The van der Waals surface area contributed by atoms with Crippen molar-refractivity contribution in [3.8, 4) is 5.75 Å². The standard InChI is InChI=1S/C17H19ClN2O/c1-13(2)21-17-6-4-3-5-15(17)12-20-19-11-14-7-9-16(18)10-8-14/h3-10,12-13,19H,11H2,1-2H3/b20-12-. The van der Waals surface area contributed by atoms with E-state index in [2.05, 4.69) is 10.5 Å². The molecule has 0 spiro atoms. The minimum atomic E-state index is 0.140. The first-order valence-electron chi connectivity index (χ1n) is 6.91. The number of nitrogens with one attached hydrogen (secondary N) is 1. The lowest BCUT2D eigenvalue weighted by atomic mass is 10.2. The van der Waals surface area contributed by atoms with Crippen LogP contribution in [0.15, 0.2) is 53.6 Å². The van der Waals surface area contributed by atoms with Crippen molar-refractivity contribution in [1.29, 1.82) is 0 Å². The van der Waals surface area contributed by atoms with Crippen LogP contribution in [0.5, 0.6) is 5.75 Å². The van der Waals surface area contributed by atoms with Crippen LogP contribution >= 0.6 is 11.6 Å². The van der Waals surface area contributed by atoms with Gasteiger partial charge >= 0.3 is 0 Å². The van der Waals surface area contributed by atoms with Crippen molar-refractivity contribution in [3.05, 3.63) is 64.7 Å². The Balaban J connectivity index is 1.93. The number of para-hydroxylation sites is 1. The number of hydrogen-bond acceptors (Lipinski definition) is 3. The summed E-state index contributed by atoms with van der Waals surface area (Å²) in [5, 5.41) is 4.98. The molecule has 0 aliphatic rings. The molecule has 3 nitrogen and oxygen atoms in total. The monoisotopic (exact) mass is 302 g/mol. The van der Waals surface area contributed by atoms with E-state index in [1.807, 2.05) is 62.4 Å². The Bertz CT molecular complexity index is 594. The van der Waals surface area contributed by atoms with E-state index in [0.717, 1.165) is 21.9 Å². The third kappa shape index (κ3) is 5.12. The van der Waals surface area contributed by atoms with Gasteiger partial charge in [0, 0.05) is 10.6 Å². The van der Waals surface area contributed by atoms with Gasteiger partial charge in [-0.1, -0.05) is 35.9 Å². The maximum atomic E-state index is 5.85. The quantitative estimate of drug-likeness (QED) is 0.639. The van der Waals surface area contributed by atoms with E-state index >= 15 is 0 Å². The minimum absolute atomic E-state index is 0.140. The van der Waals surface area contributed by atoms with Gasteiger partial charge in [0.2, 0.25) is 0 Å². The van der Waals surface area contributed by atoms with Crippen LogP contribution in [0.1, 0.15) is 25.0 Å². The van der Waals surface area contributed by atoms with Gasteiger partial charge in [0.15, 0.2) is 0 Å². The van der Waals surface area contributed by atoms with Gasteiger partial charge in [0.1, 0.15) is 5.75 Å². The highest BCUT2D eigenvalue weighted by Gasteiger charge is 2.02. The molecule has 2 rings (SSSR count). The van der Waals surface area contributed by atoms with Gasteiger partial charge in [0.05, 0.1) is 18.9 Å². The number of ether oxygens (including phenoxy) is 1. The van der Waals surface area contributed by atoms with Crippen LogP contribution in [-0.2, 0) is 6.54 Å². The fraction of sp³-hybridized carbons (Fsp3) is 0.235. The molecule has 2 aromatic carbocycles. The lowest BCUT2D eigenvalue weighted by molar-refractivity contribution is 0.242. The van der Waals surface area contributed by atoms with Crippen molar-refractivity contribution in [2.24, 2.45) is 5.10 Å². The van der Waals surface area contributed by atoms with Gasteiger partial charge in [-0.15, -0.1) is 0 Å². The molecule has 0 heterocycles. The van der Waals surface area contributed by atoms with Crippen molar-refractivity contribution in [1.82, 2.24) is 5.43 Å². The molecule has 1 N–H and O–H groups in total. The zero-order valence-corrected chi connectivity index (χ0v) is 13.0. The topological polar surface area (TPSA) is 33.6 Å². The first-order chi connectivity index (χ1) is 10.1. The second-order valence-corrected chi connectivity index (χ2v) is 5.36. The number of rotatable bonds is 6. The Morgan fingerprint density at radius 1 is 1.14 bits per heavy atom. The first-order valence-corrected chi connectivity index (χ1v) is 7.29. The number of nitrogens with zero attached hydrogens (tertiary/aromatic N) is 1. The van der Waals surface area contributed by atoms with Crippen molar-refractivity contribution in [2.45, 2.75) is 26.5 Å². The highest BCUT2D eigenvalue weighted by atomic mass is 35.5. The van der Waals surface area contributed by atoms with Crippen LogP contribution in [-0.4, -0.2) is 12.3 Å². The SMILES string of the molecule is CC(C)Oc1ccccc1/C=N\NCc1ccc(Cl)cc1. The average Bonchev–Trinajstić information content (AvgIpc) is 2.46. The minimum Gasteiger partial charge on any atom is -0.490 e. The van der Waals surface area contributed by atoms with Crippen molar-refractivity contribution < 1.29 is 4.74 Å². The Morgan fingerprint density at radius 2 is 1.86 bits per heavy atom. The van der Waals surface area contributed by atoms with E-state index in [1.165, 1.54) is 0 Å². The zero-order valence-electron chi connectivity index (χ0n) is 12.2. The Morgan fingerprint density at radius 3 is 2.57 bits per heavy atom. The van der Waals surface area contributed by atoms with E-state index in [4.69, 9.17) is 16.3 Å². The van der Waals surface area contributed by atoms with E-state index in [-0.39, 0.29) is 6.10 Å². The molecular weight excluding hydrogens is 284 g/mol. The predicted molar refractivity (Wildman–Crippen MR) is 88.1 cm³/mol. The normalized spacial score (nSPS) is 11.0. The smallest absolute Gasteiger partial charge is 0.128 e. The van der Waals surface area contributed by atoms with Crippen LogP contribution < -0.4 is 10.2 Å². The van der Waals surface area contributed by atoms with Gasteiger partial charge in [-0.25, -0.2) is 0 Å². The molecule has 110 valence electrons. The number of halogens is 1. The first kappa shape index (κ1) is 15.4. The molecule has 4 heteroatoms. The van der Waals surface area contributed by atoms with Gasteiger partial charge in [-0.3, -0.25) is 0 Å². The van der Waals surface area contributed by atoms with Crippen molar-refractivity contribution in [3.63, 3.8) is 0 Å². The molecule has 0 unspecified atom stereocenters. The molecule has 0 radical (unpaired) electrons. The molecule has 0 fully saturated rings. The highest BCUT2D eigenvalue weighted by Crippen LogP contribution is 2.17. The zero-order chi connectivity index (χ0) is 15.1. The second-order valence-electron chi connectivity index (χ2n) is 4.92. The largest absolute Gasteiger partial charge is 0.490 e. The van der Waals surface area contributed by atoms with E-state index in [9.17, 15) is 0 Å². The molecule has 0 saturated heterocycles. The third-order valence-electron chi connectivity index (χ3n) is 2.77. The molecule has 0 bridgehead atoms. The lowest BCUT2D eigenvalue weighted by Gasteiger charge is -2.11. The summed E-state index contributed by atoms with van der Waals surface area (Å²) in [7, 11) is 0. The summed E-state index contributed by atoms with van der Waals surface area (Å²) in [6.07, 6.45) is 1.91. The summed E-state index contributed by atoms with van der Waals surface area (Å²) in [5.74, 6) is 0.838. The summed E-state index contributed by atoms with van der Waals surface area (Å²) in [6.45, 7) is 4.67. The maximum Gasteiger partial charge on any atom is 0.128 e. The third-order valence-corrected chi connectivity index (χ3v) is 3.03. The molecule has 0 aliphatic heterocycles. The van der Waals surface area contributed by atoms with E-state index in [0.29, 0.717) is 6.54 Å². The average molecular weight is 303 g/mol. The van der Waals surface area contributed by atoms with Crippen LogP contribution in [0.2, 0.25) is 5.02 Å². The molecule has 2 aromatic rings.